The number of halogens is 3. The van der Waals surface area contributed by atoms with Gasteiger partial charge in [-0.25, -0.2) is 9.18 Å². The van der Waals surface area contributed by atoms with E-state index in [2.05, 4.69) is 10.3 Å². The van der Waals surface area contributed by atoms with Gasteiger partial charge in [-0.2, -0.15) is 0 Å². The second kappa shape index (κ2) is 7.58. The Morgan fingerprint density at radius 1 is 1.26 bits per heavy atom. The molecule has 0 spiro atoms. The Labute approximate surface area is 163 Å². The summed E-state index contributed by atoms with van der Waals surface area (Å²) in [5, 5.41) is 11.3. The minimum atomic E-state index is -1.04. The Balaban J connectivity index is 1.73. The van der Waals surface area contributed by atoms with Crippen LogP contribution in [0.5, 0.6) is 0 Å². The van der Waals surface area contributed by atoms with Crippen LogP contribution in [0.3, 0.4) is 0 Å². The number of aromatic nitrogens is 1. The van der Waals surface area contributed by atoms with E-state index in [4.69, 9.17) is 28.3 Å². The molecule has 3 N–H and O–H groups in total. The van der Waals surface area contributed by atoms with Crippen molar-refractivity contribution in [2.45, 2.75) is 12.5 Å². The summed E-state index contributed by atoms with van der Waals surface area (Å²) in [6, 6.07) is 3.51. The van der Waals surface area contributed by atoms with Crippen LogP contribution in [-0.4, -0.2) is 51.9 Å². The van der Waals surface area contributed by atoms with Gasteiger partial charge in [0.2, 0.25) is 0 Å². The fourth-order valence-corrected chi connectivity index (χ4v) is 3.24. The molecule has 0 radical (unpaired) electrons. The molecule has 0 saturated carbocycles. The Morgan fingerprint density at radius 2 is 1.96 bits per heavy atom. The molecule has 1 saturated heterocycles. The summed E-state index contributed by atoms with van der Waals surface area (Å²) in [5.41, 5.74) is -0.240. The maximum atomic E-state index is 14.2. The van der Waals surface area contributed by atoms with E-state index in [1.807, 2.05) is 0 Å². The Bertz CT molecular complexity index is 931. The Kier molecular flexibility index (Phi) is 5.38. The molecule has 142 valence electrons. The predicted octanol–water partition coefficient (Wildman–Crippen LogP) is 3.17. The highest BCUT2D eigenvalue weighted by molar-refractivity contribution is 6.37. The first-order chi connectivity index (χ1) is 12.8. The minimum Gasteiger partial charge on any atom is -0.465 e. The first-order valence-electron chi connectivity index (χ1n) is 7.93. The molecule has 1 aromatic carbocycles. The first-order valence-corrected chi connectivity index (χ1v) is 8.69. The molecule has 1 aromatic heterocycles. The average molecular weight is 414 g/mol. The van der Waals surface area contributed by atoms with E-state index in [0.29, 0.717) is 13.0 Å². The molecule has 10 heteroatoms. The lowest BCUT2D eigenvalue weighted by Crippen LogP contribution is -2.38. The van der Waals surface area contributed by atoms with E-state index in [1.54, 1.807) is 0 Å². The third-order valence-electron chi connectivity index (χ3n) is 4.25. The normalized spacial score (nSPS) is 16.4. The van der Waals surface area contributed by atoms with Crippen molar-refractivity contribution in [1.82, 2.24) is 15.2 Å². The molecule has 7 nitrogen and oxygen atoms in total. The Morgan fingerprint density at radius 3 is 2.63 bits per heavy atom. The lowest BCUT2D eigenvalue weighted by molar-refractivity contribution is 0.0931. The summed E-state index contributed by atoms with van der Waals surface area (Å²) < 4.78 is 14.2. The van der Waals surface area contributed by atoms with Gasteiger partial charge in [0.25, 0.3) is 5.91 Å². The maximum absolute atomic E-state index is 14.2. The number of carbonyl (C=O) groups excluding carboxylic acids is 2. The first kappa shape index (κ1) is 19.2. The molecule has 1 aliphatic heterocycles. The number of hydrogen-bond donors (Lipinski definition) is 3. The fourth-order valence-electron chi connectivity index (χ4n) is 2.85. The van der Waals surface area contributed by atoms with Crippen molar-refractivity contribution in [2.24, 2.45) is 0 Å². The van der Waals surface area contributed by atoms with Crippen LogP contribution in [-0.2, 0) is 0 Å². The largest absolute Gasteiger partial charge is 0.465 e. The van der Waals surface area contributed by atoms with Crippen molar-refractivity contribution in [3.05, 3.63) is 57.1 Å². The van der Waals surface area contributed by atoms with Gasteiger partial charge in [0.1, 0.15) is 5.69 Å². The number of nitrogens with zero attached hydrogens (tertiary/aromatic N) is 1. The van der Waals surface area contributed by atoms with Crippen LogP contribution in [0.4, 0.5) is 9.18 Å². The topological polar surface area (TPSA) is 102 Å². The predicted molar refractivity (Wildman–Crippen MR) is 96.1 cm³/mol. The number of carbonyl (C=O) groups is 3. The zero-order valence-corrected chi connectivity index (χ0v) is 15.3. The summed E-state index contributed by atoms with van der Waals surface area (Å²) in [6.45, 7) is 0.526. The minimum absolute atomic E-state index is 0.0433. The number of carboxylic acid groups (broad SMARTS) is 1. The molecule has 1 atom stereocenters. The van der Waals surface area contributed by atoms with Crippen molar-refractivity contribution >= 4 is 41.0 Å². The molecule has 2 aromatic rings. The molecule has 1 aliphatic rings. The zero-order chi connectivity index (χ0) is 19.7. The van der Waals surface area contributed by atoms with Gasteiger partial charge in [0, 0.05) is 30.9 Å². The van der Waals surface area contributed by atoms with Crippen LogP contribution in [0.15, 0.2) is 24.4 Å². The highest BCUT2D eigenvalue weighted by atomic mass is 35.5. The van der Waals surface area contributed by atoms with Crippen LogP contribution in [0.25, 0.3) is 0 Å². The Hall–Kier alpha value is -2.58. The number of hydrogen-bond acceptors (Lipinski definition) is 3. The molecular weight excluding hydrogens is 400 g/mol. The number of amides is 2. The van der Waals surface area contributed by atoms with E-state index < -0.39 is 23.6 Å². The molecule has 0 bridgehead atoms. The van der Waals surface area contributed by atoms with Crippen LogP contribution < -0.4 is 5.32 Å². The number of nitrogens with one attached hydrogen (secondary N) is 2. The molecule has 2 amide bonds. The van der Waals surface area contributed by atoms with Crippen LogP contribution >= 0.6 is 23.2 Å². The second-order valence-corrected chi connectivity index (χ2v) is 6.85. The van der Waals surface area contributed by atoms with Crippen LogP contribution in [0, 0.1) is 5.82 Å². The summed E-state index contributed by atoms with van der Waals surface area (Å²) in [7, 11) is 0. The molecule has 3 rings (SSSR count). The number of likely N-dealkylation sites (tertiary alicyclic amines) is 1. The smallest absolute Gasteiger partial charge is 0.407 e. The van der Waals surface area contributed by atoms with Gasteiger partial charge in [0.15, 0.2) is 11.6 Å². The fraction of sp³-hybridized carbons (Fsp3) is 0.235. The summed E-state index contributed by atoms with van der Waals surface area (Å²) >= 11 is 11.6. The number of aromatic amines is 1. The van der Waals surface area contributed by atoms with Gasteiger partial charge in [-0.3, -0.25) is 9.59 Å². The molecule has 0 aliphatic carbocycles. The van der Waals surface area contributed by atoms with E-state index in [0.717, 1.165) is 0 Å². The van der Waals surface area contributed by atoms with Crippen molar-refractivity contribution in [3.8, 4) is 0 Å². The SMILES string of the molecule is O=C(NC1CCN(C(=O)O)C1)c1cc(C(=O)c2c(Cl)ccc(Cl)c2F)c[nH]1. The van der Waals surface area contributed by atoms with Crippen LogP contribution in [0.1, 0.15) is 32.8 Å². The van der Waals surface area contributed by atoms with Crippen molar-refractivity contribution in [2.75, 3.05) is 13.1 Å². The van der Waals surface area contributed by atoms with Crippen molar-refractivity contribution < 1.29 is 23.9 Å². The quantitative estimate of drug-likeness (QED) is 0.528. The number of rotatable bonds is 4. The van der Waals surface area contributed by atoms with Crippen LogP contribution in [0.2, 0.25) is 10.0 Å². The van der Waals surface area contributed by atoms with Gasteiger partial charge in [-0.15, -0.1) is 0 Å². The van der Waals surface area contributed by atoms with E-state index in [9.17, 15) is 18.8 Å². The van der Waals surface area contributed by atoms with Gasteiger partial charge in [0.05, 0.1) is 15.6 Å². The molecule has 1 fully saturated rings. The standard InChI is InChI=1S/C17H14Cl2FN3O4/c18-10-1-2-11(19)14(20)13(10)15(24)8-5-12(21-6-8)16(25)22-9-3-4-23(7-9)17(26)27/h1-2,5-6,9,21H,3-4,7H2,(H,22,25)(H,26,27). The van der Waals surface area contributed by atoms with E-state index >= 15 is 0 Å². The highest BCUT2D eigenvalue weighted by Crippen LogP contribution is 2.28. The van der Waals surface area contributed by atoms with Crippen molar-refractivity contribution in [1.29, 1.82) is 0 Å². The number of ketones is 1. The van der Waals surface area contributed by atoms with Gasteiger partial charge >= 0.3 is 6.09 Å². The second-order valence-electron chi connectivity index (χ2n) is 6.04. The monoisotopic (exact) mass is 413 g/mol. The van der Waals surface area contributed by atoms with E-state index in [-0.39, 0.29) is 39.5 Å². The van der Waals surface area contributed by atoms with Gasteiger partial charge in [-0.1, -0.05) is 23.2 Å². The van der Waals surface area contributed by atoms with Crippen molar-refractivity contribution in [3.63, 3.8) is 0 Å². The third kappa shape index (κ3) is 3.91. The number of benzene rings is 1. The third-order valence-corrected chi connectivity index (χ3v) is 4.86. The highest BCUT2D eigenvalue weighted by Gasteiger charge is 2.28. The van der Waals surface area contributed by atoms with Gasteiger partial charge < -0.3 is 20.3 Å². The lowest BCUT2D eigenvalue weighted by atomic mass is 10.0. The number of H-pyrrole nitrogens is 1. The van der Waals surface area contributed by atoms with E-state index in [1.165, 1.54) is 29.3 Å². The summed E-state index contributed by atoms with van der Waals surface area (Å²) in [4.78, 5) is 39.6. The average Bonchev–Trinajstić information content (AvgIpc) is 3.28. The summed E-state index contributed by atoms with van der Waals surface area (Å²) in [5.74, 6) is -2.14. The zero-order valence-electron chi connectivity index (χ0n) is 13.8. The molecule has 1 unspecified atom stereocenters. The molecular formula is C17H14Cl2FN3O4. The summed E-state index contributed by atoms with van der Waals surface area (Å²) in [6.07, 6.45) is 0.722. The maximum Gasteiger partial charge on any atom is 0.407 e. The van der Waals surface area contributed by atoms with Gasteiger partial charge in [-0.05, 0) is 24.6 Å². The molecule has 27 heavy (non-hydrogen) atoms. The lowest BCUT2D eigenvalue weighted by Gasteiger charge is -2.13. The molecule has 2 heterocycles.